The molecule has 3 heterocycles. The average Bonchev–Trinajstić information content (AvgIpc) is 3.07. The van der Waals surface area contributed by atoms with E-state index < -0.39 is 23.3 Å². The minimum atomic E-state index is -1.16. The van der Waals surface area contributed by atoms with Crippen molar-refractivity contribution in [3.05, 3.63) is 150 Å². The van der Waals surface area contributed by atoms with E-state index in [1.165, 1.54) is 0 Å². The van der Waals surface area contributed by atoms with E-state index in [-0.39, 0.29) is 38.0 Å². The van der Waals surface area contributed by atoms with Gasteiger partial charge >= 0.3 is 5.97 Å². The fourth-order valence-electron chi connectivity index (χ4n) is 5.69. The molecule has 7 rings (SSSR count). The largest absolute Gasteiger partial charge is 0.477 e. The van der Waals surface area contributed by atoms with Gasteiger partial charge < -0.3 is 10.1 Å². The van der Waals surface area contributed by atoms with Crippen molar-refractivity contribution in [1.82, 2.24) is 15.0 Å². The van der Waals surface area contributed by atoms with Gasteiger partial charge in [0, 0.05) is 32.2 Å². The van der Waals surface area contributed by atoms with Crippen LogP contribution in [0.2, 0.25) is 0 Å². The zero-order valence-electron chi connectivity index (χ0n) is 25.2. The zero-order valence-corrected chi connectivity index (χ0v) is 27.5. The Bertz CT molecular complexity index is 2320. The smallest absolute Gasteiger partial charge is 0.354 e. The minimum Gasteiger partial charge on any atom is -0.477 e. The quantitative estimate of drug-likeness (QED) is 0.134. The first kappa shape index (κ1) is 31.8. The minimum absolute atomic E-state index is 0. The SMILES string of the molecule is CC(C)(c1cc(-c2ccc3ccccc3c2)cc(C(=O)O)n1)c1cc(-c2ccc3ccccc3c2)cc(-c2[c-]cc(F)nc2F)n1.[Pt]. The Morgan fingerprint density at radius 2 is 1.19 bits per heavy atom. The summed E-state index contributed by atoms with van der Waals surface area (Å²) < 4.78 is 28.8. The molecule has 0 aliphatic carbocycles. The standard InChI is InChI=1S/C39H26F2N3O2.Pt/c1-39(2,35-22-30(20-33(43-35)38(45)46)28-14-12-24-8-4-6-10-26(24)18-28)34-21-29(27-13-11-23-7-3-5-9-25(23)17-27)19-32(42-34)31-15-16-36(40)44-37(31)41;/h3-14,16-22H,1-2H3,(H,45,46);/q-1;. The van der Waals surface area contributed by atoms with Gasteiger partial charge in [0.2, 0.25) is 0 Å². The number of carboxylic acid groups (broad SMARTS) is 1. The molecular weight excluding hydrogens is 776 g/mol. The van der Waals surface area contributed by atoms with E-state index in [0.717, 1.165) is 44.3 Å². The molecule has 47 heavy (non-hydrogen) atoms. The molecule has 0 bridgehead atoms. The molecule has 8 heteroatoms. The summed E-state index contributed by atoms with van der Waals surface area (Å²) in [5.74, 6) is -3.17. The predicted octanol–water partition coefficient (Wildman–Crippen LogP) is 9.28. The molecule has 7 aromatic rings. The van der Waals surface area contributed by atoms with Gasteiger partial charge in [-0.25, -0.2) is 18.6 Å². The van der Waals surface area contributed by atoms with Gasteiger partial charge in [-0.3, -0.25) is 4.98 Å². The summed E-state index contributed by atoms with van der Waals surface area (Å²) in [4.78, 5) is 25.0. The van der Waals surface area contributed by atoms with Crippen LogP contribution < -0.4 is 0 Å². The third-order valence-corrected chi connectivity index (χ3v) is 8.32. The fraction of sp³-hybridized carbons (Fsp3) is 0.0769. The van der Waals surface area contributed by atoms with Crippen LogP contribution in [0.1, 0.15) is 35.7 Å². The number of halogens is 2. The maximum atomic E-state index is 15.0. The number of carboxylic acids is 1. The second-order valence-corrected chi connectivity index (χ2v) is 11.7. The van der Waals surface area contributed by atoms with Crippen molar-refractivity contribution in [3.63, 3.8) is 0 Å². The summed E-state index contributed by atoms with van der Waals surface area (Å²) in [6.07, 6.45) is 0. The first-order chi connectivity index (χ1) is 22.2. The molecule has 0 atom stereocenters. The number of aromatic nitrogens is 3. The molecule has 234 valence electrons. The Balaban J connectivity index is 0.00000386. The van der Waals surface area contributed by atoms with E-state index in [1.807, 2.05) is 111 Å². The van der Waals surface area contributed by atoms with Gasteiger partial charge in [0.1, 0.15) is 17.6 Å². The number of nitrogens with zero attached hydrogens (tertiary/aromatic N) is 3. The van der Waals surface area contributed by atoms with Gasteiger partial charge in [-0.15, -0.1) is 6.07 Å². The van der Waals surface area contributed by atoms with Gasteiger partial charge in [0.25, 0.3) is 0 Å². The van der Waals surface area contributed by atoms with E-state index in [2.05, 4.69) is 16.0 Å². The molecule has 4 aromatic carbocycles. The van der Waals surface area contributed by atoms with Crippen LogP contribution in [-0.4, -0.2) is 26.0 Å². The monoisotopic (exact) mass is 801 g/mol. The summed E-state index contributed by atoms with van der Waals surface area (Å²) in [5, 5.41) is 14.2. The topological polar surface area (TPSA) is 76.0 Å². The number of fused-ring (bicyclic) bond motifs is 2. The van der Waals surface area contributed by atoms with Gasteiger partial charge in [0.15, 0.2) is 0 Å². The van der Waals surface area contributed by atoms with E-state index in [4.69, 9.17) is 4.98 Å². The van der Waals surface area contributed by atoms with Crippen LogP contribution in [0.5, 0.6) is 0 Å². The van der Waals surface area contributed by atoms with Crippen molar-refractivity contribution in [2.45, 2.75) is 19.3 Å². The van der Waals surface area contributed by atoms with Crippen LogP contribution in [0.25, 0.3) is 55.1 Å². The molecule has 0 spiro atoms. The first-order valence-corrected chi connectivity index (χ1v) is 14.7. The van der Waals surface area contributed by atoms with Crippen molar-refractivity contribution < 1.29 is 39.7 Å². The third kappa shape index (κ3) is 6.19. The summed E-state index contributed by atoms with van der Waals surface area (Å²) in [5.41, 5.74) is 3.16. The van der Waals surface area contributed by atoms with Crippen LogP contribution >= 0.6 is 0 Å². The first-order valence-electron chi connectivity index (χ1n) is 14.7. The van der Waals surface area contributed by atoms with Gasteiger partial charge in [-0.05, 0) is 93.7 Å². The molecule has 0 saturated heterocycles. The molecule has 1 N–H and O–H groups in total. The number of benzene rings is 4. The molecular formula is C39H26F2N3O2Pt-. The van der Waals surface area contributed by atoms with E-state index in [1.54, 1.807) is 12.1 Å². The Morgan fingerprint density at radius 3 is 1.74 bits per heavy atom. The molecule has 0 saturated carbocycles. The van der Waals surface area contributed by atoms with E-state index >= 15 is 4.39 Å². The average molecular weight is 802 g/mol. The summed E-state index contributed by atoms with van der Waals surface area (Å²) in [7, 11) is 0. The summed E-state index contributed by atoms with van der Waals surface area (Å²) in [6, 6.07) is 38.6. The summed E-state index contributed by atoms with van der Waals surface area (Å²) >= 11 is 0. The molecule has 0 amide bonds. The summed E-state index contributed by atoms with van der Waals surface area (Å²) in [6.45, 7) is 3.79. The molecule has 0 radical (unpaired) electrons. The van der Waals surface area contributed by atoms with E-state index in [0.29, 0.717) is 17.0 Å². The van der Waals surface area contributed by atoms with Crippen molar-refractivity contribution in [2.24, 2.45) is 0 Å². The van der Waals surface area contributed by atoms with Crippen LogP contribution in [0.3, 0.4) is 0 Å². The van der Waals surface area contributed by atoms with Crippen molar-refractivity contribution in [3.8, 4) is 33.5 Å². The number of carbonyl (C=O) groups is 1. The molecule has 0 unspecified atom stereocenters. The van der Waals surface area contributed by atoms with Crippen LogP contribution in [0.4, 0.5) is 8.78 Å². The normalized spacial score (nSPS) is 11.4. The molecule has 3 aromatic heterocycles. The van der Waals surface area contributed by atoms with Crippen molar-refractivity contribution >= 4 is 27.5 Å². The number of hydrogen-bond donors (Lipinski definition) is 1. The molecule has 5 nitrogen and oxygen atoms in total. The van der Waals surface area contributed by atoms with E-state index in [9.17, 15) is 14.3 Å². The second-order valence-electron chi connectivity index (χ2n) is 11.7. The number of pyridine rings is 3. The van der Waals surface area contributed by atoms with Crippen molar-refractivity contribution in [1.29, 1.82) is 0 Å². The Kier molecular flexibility index (Phi) is 8.52. The van der Waals surface area contributed by atoms with Crippen molar-refractivity contribution in [2.75, 3.05) is 0 Å². The van der Waals surface area contributed by atoms with Gasteiger partial charge in [-0.2, -0.15) is 0 Å². The van der Waals surface area contributed by atoms with Crippen LogP contribution in [-0.2, 0) is 26.5 Å². The van der Waals surface area contributed by atoms with Gasteiger partial charge in [0.05, 0.1) is 5.69 Å². The maximum absolute atomic E-state index is 15.0. The number of hydrogen-bond acceptors (Lipinski definition) is 4. The maximum Gasteiger partial charge on any atom is 0.354 e. The van der Waals surface area contributed by atoms with Crippen LogP contribution in [0, 0.1) is 18.0 Å². The Morgan fingerprint density at radius 1 is 0.660 bits per heavy atom. The van der Waals surface area contributed by atoms with Gasteiger partial charge in [-0.1, -0.05) is 90.5 Å². The molecule has 0 fully saturated rings. The Labute approximate surface area is 284 Å². The number of aromatic carboxylic acids is 1. The molecule has 0 aliphatic rings. The number of rotatable bonds is 6. The zero-order chi connectivity index (χ0) is 32.0. The second kappa shape index (κ2) is 12.6. The Hall–Kier alpha value is -5.13. The fourth-order valence-corrected chi connectivity index (χ4v) is 5.69. The predicted molar refractivity (Wildman–Crippen MR) is 175 cm³/mol. The third-order valence-electron chi connectivity index (χ3n) is 8.32. The van der Waals surface area contributed by atoms with Crippen LogP contribution in [0.15, 0.2) is 115 Å². The molecule has 0 aliphatic heterocycles.